The fraction of sp³-hybridized carbons (Fsp3) is 0.200. The number of H-pyrrole nitrogens is 1. The number of hydrogen-bond acceptors (Lipinski definition) is 6. The predicted molar refractivity (Wildman–Crippen MR) is 66.9 cm³/mol. The first-order valence-electron chi connectivity index (χ1n) is 5.41. The fourth-order valence-electron chi connectivity index (χ4n) is 1.61. The molecule has 19 heavy (non-hydrogen) atoms. The molecular formula is C10H10N6O2S. The number of fused-ring (bicyclic) bond motifs is 1. The lowest BCUT2D eigenvalue weighted by molar-refractivity contribution is 0.271. The first kappa shape index (κ1) is 11.9. The number of aromatic nitrogens is 6. The molecule has 0 saturated heterocycles. The molecule has 0 radical (unpaired) electrons. The van der Waals surface area contributed by atoms with Gasteiger partial charge in [-0.1, -0.05) is 0 Å². The van der Waals surface area contributed by atoms with Gasteiger partial charge >= 0.3 is 5.69 Å². The molecule has 0 aliphatic carbocycles. The maximum Gasteiger partial charge on any atom is 0.348 e. The van der Waals surface area contributed by atoms with Gasteiger partial charge in [0.2, 0.25) is 0 Å². The quantitative estimate of drug-likeness (QED) is 0.643. The van der Waals surface area contributed by atoms with Crippen LogP contribution in [-0.4, -0.2) is 34.2 Å². The Morgan fingerprint density at radius 1 is 1.47 bits per heavy atom. The van der Waals surface area contributed by atoms with Crippen molar-refractivity contribution in [3.8, 4) is 0 Å². The molecule has 0 amide bonds. The number of nitrogens with one attached hydrogen (secondary N) is 1. The highest BCUT2D eigenvalue weighted by Gasteiger charge is 2.09. The highest BCUT2D eigenvalue weighted by atomic mass is 32.2. The van der Waals surface area contributed by atoms with Crippen LogP contribution in [0.5, 0.6) is 0 Å². The summed E-state index contributed by atoms with van der Waals surface area (Å²) < 4.78 is 3.11. The van der Waals surface area contributed by atoms with Crippen molar-refractivity contribution < 1.29 is 5.11 Å². The first-order valence-corrected chi connectivity index (χ1v) is 6.23. The van der Waals surface area contributed by atoms with Gasteiger partial charge < -0.3 is 9.67 Å². The van der Waals surface area contributed by atoms with Gasteiger partial charge in [-0.3, -0.25) is 0 Å². The molecule has 0 aliphatic heterocycles. The van der Waals surface area contributed by atoms with Crippen molar-refractivity contribution in [1.82, 2.24) is 29.1 Å². The lowest BCUT2D eigenvalue weighted by Gasteiger charge is -2.03. The van der Waals surface area contributed by atoms with Crippen molar-refractivity contribution in [2.24, 2.45) is 7.05 Å². The smallest absolute Gasteiger partial charge is 0.348 e. The molecule has 2 N–H and O–H groups in total. The van der Waals surface area contributed by atoms with Crippen molar-refractivity contribution in [2.75, 3.05) is 0 Å². The van der Waals surface area contributed by atoms with E-state index in [4.69, 9.17) is 5.11 Å². The van der Waals surface area contributed by atoms with E-state index >= 15 is 0 Å². The highest BCUT2D eigenvalue weighted by Crippen LogP contribution is 2.25. The molecule has 3 rings (SSSR count). The first-order chi connectivity index (χ1) is 9.19. The lowest BCUT2D eigenvalue weighted by Crippen LogP contribution is -2.09. The molecule has 0 unspecified atom stereocenters. The molecule has 3 aromatic heterocycles. The van der Waals surface area contributed by atoms with Gasteiger partial charge in [0.1, 0.15) is 11.4 Å². The molecule has 0 saturated carbocycles. The monoisotopic (exact) mass is 278 g/mol. The summed E-state index contributed by atoms with van der Waals surface area (Å²) in [5, 5.41) is 16.7. The Morgan fingerprint density at radius 3 is 3.05 bits per heavy atom. The van der Waals surface area contributed by atoms with E-state index in [0.29, 0.717) is 15.8 Å². The van der Waals surface area contributed by atoms with E-state index in [2.05, 4.69) is 20.2 Å². The van der Waals surface area contributed by atoms with Gasteiger partial charge in [0.25, 0.3) is 0 Å². The zero-order chi connectivity index (χ0) is 13.4. The van der Waals surface area contributed by atoms with Gasteiger partial charge in [0.05, 0.1) is 18.5 Å². The van der Waals surface area contributed by atoms with Crippen molar-refractivity contribution >= 4 is 17.4 Å². The summed E-state index contributed by atoms with van der Waals surface area (Å²) in [6.07, 6.45) is 3.03. The topological polar surface area (TPSA) is 101 Å². The summed E-state index contributed by atoms with van der Waals surface area (Å²) in [7, 11) is 1.82. The van der Waals surface area contributed by atoms with Crippen LogP contribution in [0.25, 0.3) is 5.65 Å². The number of aliphatic hydroxyl groups is 1. The molecule has 0 spiro atoms. The molecule has 3 aromatic rings. The summed E-state index contributed by atoms with van der Waals surface area (Å²) in [5.41, 5.74) is 0.900. The zero-order valence-corrected chi connectivity index (χ0v) is 10.8. The average Bonchev–Trinajstić information content (AvgIpc) is 2.95. The minimum Gasteiger partial charge on any atom is -0.390 e. The van der Waals surface area contributed by atoms with E-state index in [0.717, 1.165) is 5.69 Å². The van der Waals surface area contributed by atoms with Crippen molar-refractivity contribution in [3.63, 3.8) is 0 Å². The zero-order valence-electron chi connectivity index (χ0n) is 9.94. The Bertz CT molecular complexity index is 789. The van der Waals surface area contributed by atoms with Crippen molar-refractivity contribution in [3.05, 3.63) is 34.8 Å². The summed E-state index contributed by atoms with van der Waals surface area (Å²) in [4.78, 5) is 19.7. The lowest BCUT2D eigenvalue weighted by atomic mass is 10.5. The van der Waals surface area contributed by atoms with Crippen LogP contribution in [-0.2, 0) is 13.7 Å². The van der Waals surface area contributed by atoms with E-state index in [9.17, 15) is 4.79 Å². The highest BCUT2D eigenvalue weighted by molar-refractivity contribution is 7.99. The van der Waals surface area contributed by atoms with Crippen LogP contribution in [0.4, 0.5) is 0 Å². The molecule has 0 aliphatic rings. The Kier molecular flexibility index (Phi) is 2.84. The molecule has 0 fully saturated rings. The number of rotatable bonds is 3. The molecule has 0 aromatic carbocycles. The third-order valence-corrected chi connectivity index (χ3v) is 3.68. The third kappa shape index (κ3) is 2.02. The average molecular weight is 278 g/mol. The normalized spacial score (nSPS) is 11.3. The van der Waals surface area contributed by atoms with Crippen molar-refractivity contribution in [2.45, 2.75) is 16.8 Å². The summed E-state index contributed by atoms with van der Waals surface area (Å²) in [6, 6.07) is 1.69. The number of hydrogen-bond donors (Lipinski definition) is 2. The minimum atomic E-state index is -0.321. The van der Waals surface area contributed by atoms with Crippen LogP contribution in [0.2, 0.25) is 0 Å². The van der Waals surface area contributed by atoms with Crippen LogP contribution in [0, 0.1) is 0 Å². The largest absolute Gasteiger partial charge is 0.390 e. The predicted octanol–water partition coefficient (Wildman–Crippen LogP) is -0.205. The van der Waals surface area contributed by atoms with E-state index in [1.165, 1.54) is 22.5 Å². The second kappa shape index (κ2) is 4.52. The van der Waals surface area contributed by atoms with Crippen LogP contribution in [0.1, 0.15) is 5.69 Å². The third-order valence-electron chi connectivity index (χ3n) is 2.68. The Balaban J connectivity index is 1.96. The van der Waals surface area contributed by atoms with Crippen LogP contribution >= 0.6 is 11.8 Å². The van der Waals surface area contributed by atoms with Crippen molar-refractivity contribution in [1.29, 1.82) is 0 Å². The molecule has 9 heteroatoms. The number of imidazole rings is 1. The molecule has 0 atom stereocenters. The van der Waals surface area contributed by atoms with Crippen LogP contribution < -0.4 is 5.69 Å². The summed E-state index contributed by atoms with van der Waals surface area (Å²) in [6.45, 7) is -0.0642. The van der Waals surface area contributed by atoms with Gasteiger partial charge in [-0.2, -0.15) is 5.10 Å². The molecule has 3 heterocycles. The van der Waals surface area contributed by atoms with Crippen LogP contribution in [0.3, 0.4) is 0 Å². The van der Waals surface area contributed by atoms with E-state index < -0.39 is 0 Å². The van der Waals surface area contributed by atoms with E-state index in [-0.39, 0.29) is 12.3 Å². The Labute approximate surface area is 111 Å². The number of aromatic amines is 1. The summed E-state index contributed by atoms with van der Waals surface area (Å²) >= 11 is 1.33. The maximum absolute atomic E-state index is 11.3. The van der Waals surface area contributed by atoms with Gasteiger partial charge in [0, 0.05) is 13.1 Å². The number of aliphatic hydroxyl groups excluding tert-OH is 1. The second-order valence-electron chi connectivity index (χ2n) is 3.84. The van der Waals surface area contributed by atoms with Gasteiger partial charge in [-0.25, -0.2) is 24.3 Å². The van der Waals surface area contributed by atoms with Gasteiger partial charge in [-0.15, -0.1) is 0 Å². The Hall–Kier alpha value is -2.13. The van der Waals surface area contributed by atoms with E-state index in [1.54, 1.807) is 16.8 Å². The van der Waals surface area contributed by atoms with Gasteiger partial charge in [0.15, 0.2) is 10.8 Å². The maximum atomic E-state index is 11.3. The van der Waals surface area contributed by atoms with Crippen LogP contribution in [0.15, 0.2) is 33.6 Å². The molecular weight excluding hydrogens is 268 g/mol. The Morgan fingerprint density at radius 2 is 2.32 bits per heavy atom. The SMILES string of the molecule is Cn1c(CO)cnc1Sc1cc2n[nH]c(=O)n2cn1. The second-order valence-corrected chi connectivity index (χ2v) is 4.82. The summed E-state index contributed by atoms with van der Waals surface area (Å²) in [5.74, 6) is 0. The standard InChI is InChI=1S/C10H10N6O2S/c1-15-6(4-17)3-11-10(15)19-8-2-7-13-14-9(18)16(7)5-12-8/h2-3,5,17H,4H2,1H3,(H,14,18). The molecule has 98 valence electrons. The van der Waals surface area contributed by atoms with E-state index in [1.807, 2.05) is 7.05 Å². The molecule has 8 nitrogen and oxygen atoms in total. The molecule has 0 bridgehead atoms. The van der Waals surface area contributed by atoms with Gasteiger partial charge in [-0.05, 0) is 11.8 Å². The number of nitrogens with zero attached hydrogens (tertiary/aromatic N) is 5. The minimum absolute atomic E-state index is 0.0642. The fourth-order valence-corrected chi connectivity index (χ4v) is 2.42.